The minimum Gasteiger partial charge on any atom is -0.387 e. The van der Waals surface area contributed by atoms with Crippen molar-refractivity contribution in [3.8, 4) is 0 Å². The average molecular weight is 194 g/mol. The number of nitrogens with zero attached hydrogens (tertiary/aromatic N) is 1. The topological polar surface area (TPSA) is 38.4 Å². The van der Waals surface area contributed by atoms with Crippen LogP contribution >= 0.6 is 0 Å². The van der Waals surface area contributed by atoms with Crippen molar-refractivity contribution in [2.45, 2.75) is 34.6 Å². The fourth-order valence-corrected chi connectivity index (χ4v) is 0.875. The van der Waals surface area contributed by atoms with Crippen LogP contribution < -0.4 is 5.73 Å². The lowest BCUT2D eigenvalue weighted by molar-refractivity contribution is 0.787. The van der Waals surface area contributed by atoms with Crippen molar-refractivity contribution in [2.24, 2.45) is 22.6 Å². The number of allylic oxidation sites excluding steroid dienone is 3. The first-order valence-electron chi connectivity index (χ1n) is 5.15. The fourth-order valence-electron chi connectivity index (χ4n) is 0.875. The maximum Gasteiger partial charge on any atom is 0.101 e. The summed E-state index contributed by atoms with van der Waals surface area (Å²) in [6.45, 7) is 10.4. The highest BCUT2D eigenvalue weighted by Gasteiger charge is 1.99. The fraction of sp³-hybridized carbons (Fsp3) is 0.583. The standard InChI is InChI=1S/C12H22N2/c1-6-7-11(9(2)3)8-14-12(13)10(4)5/h6-10H,1-5H3,(H2,13,14)/b7-6-,11-8+. The molecule has 0 saturated carbocycles. The molecule has 0 unspecified atom stereocenters. The molecule has 0 aromatic rings. The predicted octanol–water partition coefficient (Wildman–Crippen LogP) is 3.12. The number of amidine groups is 1. The molecule has 0 amide bonds. The first-order valence-corrected chi connectivity index (χ1v) is 5.15. The molecular weight excluding hydrogens is 172 g/mol. The van der Waals surface area contributed by atoms with E-state index in [9.17, 15) is 0 Å². The normalized spacial score (nSPS) is 14.8. The van der Waals surface area contributed by atoms with Gasteiger partial charge in [0.2, 0.25) is 0 Å². The summed E-state index contributed by atoms with van der Waals surface area (Å²) in [5.74, 6) is 1.48. The third-order valence-corrected chi connectivity index (χ3v) is 1.98. The summed E-state index contributed by atoms with van der Waals surface area (Å²) >= 11 is 0. The second-order valence-electron chi connectivity index (χ2n) is 3.99. The molecule has 2 N–H and O–H groups in total. The molecule has 0 aromatic heterocycles. The molecule has 0 aliphatic rings. The SMILES string of the molecule is C/C=C\C(=C/N=C(N)C(C)C)C(C)C. The van der Waals surface area contributed by atoms with Gasteiger partial charge in [-0.2, -0.15) is 0 Å². The molecule has 0 radical (unpaired) electrons. The minimum absolute atomic E-state index is 0.310. The summed E-state index contributed by atoms with van der Waals surface area (Å²) in [4.78, 5) is 4.24. The molecule has 2 heteroatoms. The summed E-state index contributed by atoms with van der Waals surface area (Å²) in [6.07, 6.45) is 5.95. The molecule has 0 rings (SSSR count). The van der Waals surface area contributed by atoms with Gasteiger partial charge in [0.15, 0.2) is 0 Å². The van der Waals surface area contributed by atoms with Gasteiger partial charge in [-0.05, 0) is 18.4 Å². The number of rotatable bonds is 4. The Morgan fingerprint density at radius 2 is 1.71 bits per heavy atom. The number of hydrogen-bond acceptors (Lipinski definition) is 1. The average Bonchev–Trinajstić information content (AvgIpc) is 2.10. The van der Waals surface area contributed by atoms with Crippen LogP contribution in [0.4, 0.5) is 0 Å². The molecule has 0 heterocycles. The van der Waals surface area contributed by atoms with Crippen LogP contribution in [0.25, 0.3) is 0 Å². The van der Waals surface area contributed by atoms with Gasteiger partial charge in [0.05, 0.1) is 0 Å². The van der Waals surface area contributed by atoms with Crippen LogP contribution in [0.3, 0.4) is 0 Å². The van der Waals surface area contributed by atoms with E-state index in [1.54, 1.807) is 0 Å². The smallest absolute Gasteiger partial charge is 0.101 e. The molecule has 0 aromatic carbocycles. The molecule has 0 aliphatic heterocycles. The minimum atomic E-state index is 0.310. The second-order valence-corrected chi connectivity index (χ2v) is 3.99. The summed E-state index contributed by atoms with van der Waals surface area (Å²) in [7, 11) is 0. The Kier molecular flexibility index (Phi) is 5.93. The zero-order chi connectivity index (χ0) is 11.1. The van der Waals surface area contributed by atoms with Gasteiger partial charge in [-0.25, -0.2) is 4.99 Å². The van der Waals surface area contributed by atoms with Gasteiger partial charge in [-0.3, -0.25) is 0 Å². The summed E-state index contributed by atoms with van der Waals surface area (Å²) < 4.78 is 0. The molecule has 0 spiro atoms. The quantitative estimate of drug-likeness (QED) is 0.417. The summed E-state index contributed by atoms with van der Waals surface area (Å²) in [5.41, 5.74) is 6.95. The number of nitrogens with two attached hydrogens (primary N) is 1. The largest absolute Gasteiger partial charge is 0.387 e. The first kappa shape index (κ1) is 12.9. The molecule has 2 nitrogen and oxygen atoms in total. The number of hydrogen-bond donors (Lipinski definition) is 1. The highest BCUT2D eigenvalue weighted by Crippen LogP contribution is 2.11. The van der Waals surface area contributed by atoms with E-state index >= 15 is 0 Å². The van der Waals surface area contributed by atoms with Crippen LogP contribution in [-0.2, 0) is 0 Å². The Hall–Kier alpha value is -1.05. The Morgan fingerprint density at radius 1 is 1.14 bits per heavy atom. The molecule has 0 fully saturated rings. The van der Waals surface area contributed by atoms with Gasteiger partial charge in [-0.15, -0.1) is 0 Å². The van der Waals surface area contributed by atoms with E-state index in [2.05, 4.69) is 24.9 Å². The lowest BCUT2D eigenvalue weighted by Gasteiger charge is -2.05. The van der Waals surface area contributed by atoms with Crippen molar-refractivity contribution in [3.63, 3.8) is 0 Å². The molecule has 0 bridgehead atoms. The monoisotopic (exact) mass is 194 g/mol. The van der Waals surface area contributed by atoms with Crippen molar-refractivity contribution in [2.75, 3.05) is 0 Å². The Labute approximate surface area is 87.6 Å². The highest BCUT2D eigenvalue weighted by atomic mass is 14.8. The van der Waals surface area contributed by atoms with E-state index in [1.807, 2.05) is 33.0 Å². The van der Waals surface area contributed by atoms with Crippen LogP contribution in [-0.4, -0.2) is 5.84 Å². The van der Waals surface area contributed by atoms with Crippen LogP contribution in [0.1, 0.15) is 34.6 Å². The van der Waals surface area contributed by atoms with Crippen molar-refractivity contribution in [1.82, 2.24) is 0 Å². The van der Waals surface area contributed by atoms with Crippen LogP contribution in [0.5, 0.6) is 0 Å². The van der Waals surface area contributed by atoms with E-state index < -0.39 is 0 Å². The molecule has 80 valence electrons. The van der Waals surface area contributed by atoms with E-state index in [4.69, 9.17) is 5.73 Å². The van der Waals surface area contributed by atoms with Crippen LogP contribution in [0.2, 0.25) is 0 Å². The predicted molar refractivity (Wildman–Crippen MR) is 64.2 cm³/mol. The van der Waals surface area contributed by atoms with Crippen molar-refractivity contribution < 1.29 is 0 Å². The lowest BCUT2D eigenvalue weighted by Crippen LogP contribution is -2.18. The summed E-state index contributed by atoms with van der Waals surface area (Å²) in [5, 5.41) is 0. The lowest BCUT2D eigenvalue weighted by atomic mass is 10.0. The summed E-state index contributed by atoms with van der Waals surface area (Å²) in [6, 6.07) is 0. The van der Waals surface area contributed by atoms with E-state index in [1.165, 1.54) is 5.57 Å². The zero-order valence-electron chi connectivity index (χ0n) is 9.91. The van der Waals surface area contributed by atoms with Gasteiger partial charge in [0.25, 0.3) is 0 Å². The van der Waals surface area contributed by atoms with Crippen molar-refractivity contribution >= 4 is 5.84 Å². The maximum absolute atomic E-state index is 5.74. The van der Waals surface area contributed by atoms with E-state index in [-0.39, 0.29) is 0 Å². The van der Waals surface area contributed by atoms with Crippen LogP contribution in [0, 0.1) is 11.8 Å². The van der Waals surface area contributed by atoms with Gasteiger partial charge >= 0.3 is 0 Å². The first-order chi connectivity index (χ1) is 6.49. The van der Waals surface area contributed by atoms with Crippen molar-refractivity contribution in [3.05, 3.63) is 23.9 Å². The molecular formula is C12H22N2. The third-order valence-electron chi connectivity index (χ3n) is 1.98. The van der Waals surface area contributed by atoms with E-state index in [0.717, 1.165) is 0 Å². The zero-order valence-corrected chi connectivity index (χ0v) is 9.91. The van der Waals surface area contributed by atoms with Gasteiger partial charge < -0.3 is 5.73 Å². The third kappa shape index (κ3) is 4.85. The van der Waals surface area contributed by atoms with Crippen LogP contribution in [0.15, 0.2) is 28.9 Å². The second kappa shape index (κ2) is 6.41. The van der Waals surface area contributed by atoms with E-state index in [0.29, 0.717) is 17.7 Å². The molecule has 0 atom stereocenters. The molecule has 0 saturated heterocycles. The Balaban J connectivity index is 4.67. The maximum atomic E-state index is 5.74. The van der Waals surface area contributed by atoms with Crippen molar-refractivity contribution in [1.29, 1.82) is 0 Å². The van der Waals surface area contributed by atoms with Gasteiger partial charge in [-0.1, -0.05) is 39.8 Å². The molecule has 14 heavy (non-hydrogen) atoms. The van der Waals surface area contributed by atoms with Gasteiger partial charge in [0, 0.05) is 12.1 Å². The molecule has 0 aliphatic carbocycles. The Bertz CT molecular complexity index is 245. The Morgan fingerprint density at radius 3 is 2.07 bits per heavy atom. The van der Waals surface area contributed by atoms with Gasteiger partial charge in [0.1, 0.15) is 5.84 Å². The number of aliphatic imine (C=N–C) groups is 1. The highest BCUT2D eigenvalue weighted by molar-refractivity contribution is 5.82.